The lowest BCUT2D eigenvalue weighted by molar-refractivity contribution is -0.146. The molecule has 3 atom stereocenters. The first-order valence-electron chi connectivity index (χ1n) is 7.38. The smallest absolute Gasteiger partial charge is 0.326 e. The highest BCUT2D eigenvalue weighted by atomic mass is 35.5. The van der Waals surface area contributed by atoms with Gasteiger partial charge >= 0.3 is 5.97 Å². The van der Waals surface area contributed by atoms with Gasteiger partial charge in [0.1, 0.15) is 10.9 Å². The van der Waals surface area contributed by atoms with E-state index in [0.717, 1.165) is 25.7 Å². The summed E-state index contributed by atoms with van der Waals surface area (Å²) in [5.74, 6) is -0.670. The van der Waals surface area contributed by atoms with Crippen molar-refractivity contribution < 1.29 is 14.7 Å². The molecule has 1 aromatic heterocycles. The van der Waals surface area contributed by atoms with Crippen LogP contribution in [0.2, 0.25) is 5.02 Å². The zero-order chi connectivity index (χ0) is 15.0. The van der Waals surface area contributed by atoms with Crippen LogP contribution in [-0.4, -0.2) is 34.0 Å². The van der Waals surface area contributed by atoms with Crippen LogP contribution in [0.4, 0.5) is 0 Å². The summed E-state index contributed by atoms with van der Waals surface area (Å²) in [5.41, 5.74) is 0. The van der Waals surface area contributed by atoms with Gasteiger partial charge in [0.2, 0.25) is 0 Å². The molecule has 1 aliphatic carbocycles. The number of nitrogens with zero attached hydrogens (tertiary/aromatic N) is 1. The number of amides is 1. The van der Waals surface area contributed by atoms with E-state index in [9.17, 15) is 14.7 Å². The number of carbonyl (C=O) groups excluding carboxylic acids is 1. The van der Waals surface area contributed by atoms with Crippen LogP contribution in [0.25, 0.3) is 0 Å². The van der Waals surface area contributed by atoms with E-state index in [-0.39, 0.29) is 11.9 Å². The van der Waals surface area contributed by atoms with Crippen molar-refractivity contribution in [2.45, 2.75) is 50.6 Å². The molecule has 4 nitrogen and oxygen atoms in total. The lowest BCUT2D eigenvalue weighted by atomic mass is 9.76. The van der Waals surface area contributed by atoms with Gasteiger partial charge in [0.15, 0.2) is 0 Å². The van der Waals surface area contributed by atoms with Crippen molar-refractivity contribution in [3.8, 4) is 0 Å². The van der Waals surface area contributed by atoms with E-state index in [4.69, 9.17) is 11.6 Å². The molecule has 1 aliphatic heterocycles. The molecule has 1 aromatic rings. The number of fused-ring (bicyclic) bond motifs is 1. The van der Waals surface area contributed by atoms with Crippen molar-refractivity contribution in [3.05, 3.63) is 21.3 Å². The van der Waals surface area contributed by atoms with E-state index in [1.807, 2.05) is 0 Å². The molecule has 114 valence electrons. The van der Waals surface area contributed by atoms with Crippen LogP contribution in [0.3, 0.4) is 0 Å². The number of hydrogen-bond acceptors (Lipinski definition) is 3. The maximum absolute atomic E-state index is 12.8. The average molecular weight is 328 g/mol. The van der Waals surface area contributed by atoms with Crippen molar-refractivity contribution in [2.24, 2.45) is 5.92 Å². The number of carboxylic acid groups (broad SMARTS) is 1. The number of piperidine rings is 1. The van der Waals surface area contributed by atoms with Gasteiger partial charge in [0, 0.05) is 6.04 Å². The highest BCUT2D eigenvalue weighted by Gasteiger charge is 2.44. The van der Waals surface area contributed by atoms with Gasteiger partial charge in [0.25, 0.3) is 5.91 Å². The van der Waals surface area contributed by atoms with Gasteiger partial charge in [-0.05, 0) is 43.0 Å². The molecule has 1 amide bonds. The molecule has 0 radical (unpaired) electrons. The molecular weight excluding hydrogens is 310 g/mol. The summed E-state index contributed by atoms with van der Waals surface area (Å²) in [6.07, 6.45) is 5.70. The van der Waals surface area contributed by atoms with Gasteiger partial charge in [-0.2, -0.15) is 0 Å². The first-order chi connectivity index (χ1) is 10.1. The Hall–Kier alpha value is -1.07. The molecule has 1 N–H and O–H groups in total. The third kappa shape index (κ3) is 2.69. The second-order valence-corrected chi connectivity index (χ2v) is 7.18. The van der Waals surface area contributed by atoms with E-state index in [2.05, 4.69) is 0 Å². The molecule has 2 fully saturated rings. The molecule has 2 heterocycles. The van der Waals surface area contributed by atoms with Crippen molar-refractivity contribution in [3.63, 3.8) is 0 Å². The normalized spacial score (nSPS) is 29.0. The highest BCUT2D eigenvalue weighted by molar-refractivity contribution is 7.12. The first-order valence-corrected chi connectivity index (χ1v) is 8.64. The summed E-state index contributed by atoms with van der Waals surface area (Å²) < 4.78 is 0. The highest BCUT2D eigenvalue weighted by Crippen LogP contribution is 2.39. The fourth-order valence-corrected chi connectivity index (χ4v) is 4.81. The molecule has 0 aromatic carbocycles. The van der Waals surface area contributed by atoms with Crippen LogP contribution in [0.1, 0.15) is 48.2 Å². The maximum atomic E-state index is 12.8. The van der Waals surface area contributed by atoms with E-state index >= 15 is 0 Å². The Labute approximate surface area is 132 Å². The number of carbonyl (C=O) groups is 2. The van der Waals surface area contributed by atoms with Crippen LogP contribution < -0.4 is 0 Å². The fourth-order valence-electron chi connectivity index (χ4n) is 3.73. The van der Waals surface area contributed by atoms with Gasteiger partial charge in [-0.3, -0.25) is 4.79 Å². The Balaban J connectivity index is 1.94. The Morgan fingerprint density at radius 1 is 1.24 bits per heavy atom. The lowest BCUT2D eigenvalue weighted by Gasteiger charge is -2.47. The number of likely N-dealkylation sites (tertiary alicyclic amines) is 1. The summed E-state index contributed by atoms with van der Waals surface area (Å²) >= 11 is 7.36. The second kappa shape index (κ2) is 5.97. The van der Waals surface area contributed by atoms with E-state index < -0.39 is 12.0 Å². The van der Waals surface area contributed by atoms with Crippen LogP contribution in [0, 0.1) is 5.92 Å². The molecule has 2 aliphatic rings. The van der Waals surface area contributed by atoms with E-state index in [0.29, 0.717) is 22.2 Å². The lowest BCUT2D eigenvalue weighted by Crippen LogP contribution is -2.57. The molecule has 0 spiro atoms. The van der Waals surface area contributed by atoms with Crippen LogP contribution in [-0.2, 0) is 4.79 Å². The molecule has 6 heteroatoms. The Bertz CT molecular complexity index is 559. The largest absolute Gasteiger partial charge is 0.480 e. The summed E-state index contributed by atoms with van der Waals surface area (Å²) in [7, 11) is 0. The minimum Gasteiger partial charge on any atom is -0.480 e. The summed E-state index contributed by atoms with van der Waals surface area (Å²) in [5, 5.41) is 11.7. The number of aliphatic carboxylic acids is 1. The fraction of sp³-hybridized carbons (Fsp3) is 0.600. The quantitative estimate of drug-likeness (QED) is 0.902. The zero-order valence-electron chi connectivity index (χ0n) is 11.6. The predicted molar refractivity (Wildman–Crippen MR) is 81.9 cm³/mol. The Kier molecular flexibility index (Phi) is 4.22. The second-order valence-electron chi connectivity index (χ2n) is 5.85. The molecule has 0 bridgehead atoms. The topological polar surface area (TPSA) is 57.6 Å². The Morgan fingerprint density at radius 2 is 2.00 bits per heavy atom. The van der Waals surface area contributed by atoms with Crippen molar-refractivity contribution in [2.75, 3.05) is 0 Å². The van der Waals surface area contributed by atoms with Crippen molar-refractivity contribution in [1.82, 2.24) is 4.90 Å². The minimum atomic E-state index is -0.903. The van der Waals surface area contributed by atoms with Crippen molar-refractivity contribution >= 4 is 34.8 Å². The van der Waals surface area contributed by atoms with Crippen molar-refractivity contribution in [1.29, 1.82) is 0 Å². The van der Waals surface area contributed by atoms with Crippen LogP contribution in [0.15, 0.2) is 11.4 Å². The summed E-state index contributed by atoms with van der Waals surface area (Å²) in [6.45, 7) is 0. The third-order valence-electron chi connectivity index (χ3n) is 4.70. The van der Waals surface area contributed by atoms with Crippen LogP contribution in [0.5, 0.6) is 0 Å². The molecule has 1 saturated carbocycles. The standard InChI is InChI=1S/C15H18ClNO3S/c16-10-7-8-21-13(10)14(18)17-11-4-2-1-3-9(11)5-6-12(17)15(19)20/h7-9,11-12H,1-6H2,(H,19,20). The SMILES string of the molecule is O=C(O)C1CCC2CCCCC2N1C(=O)c1sccc1Cl. The molecule has 3 unspecified atom stereocenters. The number of halogens is 1. The average Bonchev–Trinajstić information content (AvgIpc) is 2.91. The number of hydrogen-bond donors (Lipinski definition) is 1. The van der Waals surface area contributed by atoms with E-state index in [1.54, 1.807) is 16.3 Å². The van der Waals surface area contributed by atoms with Crippen LogP contribution >= 0.6 is 22.9 Å². The molecule has 21 heavy (non-hydrogen) atoms. The number of thiophene rings is 1. The van der Waals surface area contributed by atoms with E-state index in [1.165, 1.54) is 17.8 Å². The molecule has 1 saturated heterocycles. The number of carboxylic acids is 1. The predicted octanol–water partition coefficient (Wildman–Crippen LogP) is 3.65. The number of rotatable bonds is 2. The third-order valence-corrected chi connectivity index (χ3v) is 6.03. The minimum absolute atomic E-state index is 0.0549. The summed E-state index contributed by atoms with van der Waals surface area (Å²) in [6, 6.07) is 1.03. The maximum Gasteiger partial charge on any atom is 0.326 e. The molecule has 3 rings (SSSR count). The zero-order valence-corrected chi connectivity index (χ0v) is 13.2. The van der Waals surface area contributed by atoms with Gasteiger partial charge < -0.3 is 10.0 Å². The monoisotopic (exact) mass is 327 g/mol. The molecular formula is C15H18ClNO3S. The first kappa shape index (κ1) is 14.9. The summed E-state index contributed by atoms with van der Waals surface area (Å²) in [4.78, 5) is 26.5. The van der Waals surface area contributed by atoms with Gasteiger partial charge in [0.05, 0.1) is 5.02 Å². The van der Waals surface area contributed by atoms with Gasteiger partial charge in [-0.1, -0.05) is 24.4 Å². The Morgan fingerprint density at radius 3 is 2.67 bits per heavy atom. The van der Waals surface area contributed by atoms with Gasteiger partial charge in [-0.25, -0.2) is 4.79 Å². The van der Waals surface area contributed by atoms with Gasteiger partial charge in [-0.15, -0.1) is 11.3 Å².